The third kappa shape index (κ3) is 3.13. The van der Waals surface area contributed by atoms with Gasteiger partial charge in [-0.3, -0.25) is 9.59 Å². The summed E-state index contributed by atoms with van der Waals surface area (Å²) in [5.41, 5.74) is -0.127. The average Bonchev–Trinajstić information content (AvgIpc) is 2.25. The molecule has 1 aromatic rings. The Hall–Kier alpha value is -1.75. The number of benzene rings is 1. The van der Waals surface area contributed by atoms with E-state index in [0.29, 0.717) is 0 Å². The molecule has 0 fully saturated rings. The quantitative estimate of drug-likeness (QED) is 0.793. The second-order valence-electron chi connectivity index (χ2n) is 3.28. The number of aliphatic carboxylic acids is 1. The van der Waals surface area contributed by atoms with Crippen LogP contribution in [0.25, 0.3) is 0 Å². The second kappa shape index (κ2) is 5.37. The number of aliphatic hydroxyl groups excluding tert-OH is 1. The Morgan fingerprint density at radius 1 is 1.25 bits per heavy atom. The van der Waals surface area contributed by atoms with E-state index in [2.05, 4.69) is 0 Å². The van der Waals surface area contributed by atoms with Crippen molar-refractivity contribution in [1.82, 2.24) is 0 Å². The third-order valence-electron chi connectivity index (χ3n) is 2.09. The Kier molecular flexibility index (Phi) is 4.13. The highest BCUT2D eigenvalue weighted by Gasteiger charge is 2.20. The molecular weight excluding hydrogens is 215 g/mol. The summed E-state index contributed by atoms with van der Waals surface area (Å²) in [6.07, 6.45) is -2.28. The number of Topliss-reactive ketones (excluding diaryl/α,β-unsaturated/α-hetero) is 1. The van der Waals surface area contributed by atoms with Crippen molar-refractivity contribution in [3.05, 3.63) is 35.6 Å². The van der Waals surface area contributed by atoms with Crippen molar-refractivity contribution in [1.29, 1.82) is 0 Å². The van der Waals surface area contributed by atoms with E-state index in [1.807, 2.05) is 0 Å². The van der Waals surface area contributed by atoms with E-state index in [1.54, 1.807) is 0 Å². The molecule has 5 heteroatoms. The summed E-state index contributed by atoms with van der Waals surface area (Å²) in [5, 5.41) is 17.9. The lowest BCUT2D eigenvalue weighted by Gasteiger charge is -2.09. The van der Waals surface area contributed by atoms with Crippen LogP contribution in [0, 0.1) is 5.82 Å². The first-order valence-corrected chi connectivity index (χ1v) is 4.69. The van der Waals surface area contributed by atoms with E-state index < -0.39 is 23.7 Å². The molecule has 0 heterocycles. The number of halogens is 1. The summed E-state index contributed by atoms with van der Waals surface area (Å²) in [6, 6.07) is 5.35. The van der Waals surface area contributed by atoms with Gasteiger partial charge in [0.05, 0.1) is 6.42 Å². The lowest BCUT2D eigenvalue weighted by Crippen LogP contribution is -2.14. The van der Waals surface area contributed by atoms with Crippen LogP contribution in [0.2, 0.25) is 0 Å². The summed E-state index contributed by atoms with van der Waals surface area (Å²) in [7, 11) is 0. The van der Waals surface area contributed by atoms with Crippen molar-refractivity contribution in [3.63, 3.8) is 0 Å². The molecule has 0 aliphatic carbocycles. The first-order chi connectivity index (χ1) is 7.52. The van der Waals surface area contributed by atoms with Crippen LogP contribution in [0.3, 0.4) is 0 Å². The van der Waals surface area contributed by atoms with Crippen LogP contribution >= 0.6 is 0 Å². The smallest absolute Gasteiger partial charge is 0.303 e. The van der Waals surface area contributed by atoms with Crippen molar-refractivity contribution < 1.29 is 24.2 Å². The van der Waals surface area contributed by atoms with Gasteiger partial charge in [-0.15, -0.1) is 0 Å². The molecule has 0 unspecified atom stereocenters. The molecule has 2 N–H and O–H groups in total. The maximum atomic E-state index is 13.2. The summed E-state index contributed by atoms with van der Waals surface area (Å²) >= 11 is 0. The minimum atomic E-state index is -1.60. The highest BCUT2D eigenvalue weighted by atomic mass is 19.1. The number of hydrogen-bond donors (Lipinski definition) is 2. The number of ketones is 1. The van der Waals surface area contributed by atoms with E-state index in [1.165, 1.54) is 18.2 Å². The normalized spacial score (nSPS) is 12.1. The van der Waals surface area contributed by atoms with Gasteiger partial charge in [0.1, 0.15) is 11.9 Å². The van der Waals surface area contributed by atoms with Gasteiger partial charge in [0.2, 0.25) is 0 Å². The summed E-state index contributed by atoms with van der Waals surface area (Å²) < 4.78 is 13.2. The molecule has 0 aliphatic heterocycles. The first kappa shape index (κ1) is 12.3. The molecule has 0 bridgehead atoms. The molecule has 0 amide bonds. The maximum absolute atomic E-state index is 13.2. The zero-order valence-electron chi connectivity index (χ0n) is 8.39. The molecule has 86 valence electrons. The number of carboxylic acids is 1. The fraction of sp³-hybridized carbons (Fsp3) is 0.273. The Labute approximate surface area is 91.3 Å². The molecule has 1 atom stereocenters. The van der Waals surface area contributed by atoms with Crippen molar-refractivity contribution in [2.75, 3.05) is 0 Å². The Bertz CT molecular complexity index is 403. The fourth-order valence-electron chi connectivity index (χ4n) is 1.24. The van der Waals surface area contributed by atoms with E-state index in [9.17, 15) is 19.1 Å². The standard InChI is InChI=1S/C11H11FO4/c12-8-4-2-1-3-7(8)11(16)9(13)5-6-10(14)15/h1-4,11,16H,5-6H2,(H,14,15)/t11-/m1/s1. The summed E-state index contributed by atoms with van der Waals surface area (Å²) in [5.74, 6) is -2.51. The molecule has 4 nitrogen and oxygen atoms in total. The monoisotopic (exact) mass is 226 g/mol. The highest BCUT2D eigenvalue weighted by Crippen LogP contribution is 2.19. The zero-order valence-corrected chi connectivity index (χ0v) is 8.39. The minimum absolute atomic E-state index is 0.127. The second-order valence-corrected chi connectivity index (χ2v) is 3.28. The molecule has 1 aromatic carbocycles. The molecular formula is C11H11FO4. The molecule has 16 heavy (non-hydrogen) atoms. The lowest BCUT2D eigenvalue weighted by molar-refractivity contribution is -0.139. The number of hydrogen-bond acceptors (Lipinski definition) is 3. The van der Waals surface area contributed by atoms with Gasteiger partial charge in [0.15, 0.2) is 5.78 Å². The Balaban J connectivity index is 2.71. The van der Waals surface area contributed by atoms with Gasteiger partial charge in [-0.05, 0) is 6.07 Å². The van der Waals surface area contributed by atoms with Crippen LogP contribution in [-0.4, -0.2) is 22.0 Å². The minimum Gasteiger partial charge on any atom is -0.481 e. The average molecular weight is 226 g/mol. The van der Waals surface area contributed by atoms with Crippen LogP contribution in [-0.2, 0) is 9.59 Å². The molecule has 0 spiro atoms. The number of rotatable bonds is 5. The topological polar surface area (TPSA) is 74.6 Å². The largest absolute Gasteiger partial charge is 0.481 e. The SMILES string of the molecule is O=C(O)CCC(=O)[C@H](O)c1ccccc1F. The number of carbonyl (C=O) groups excluding carboxylic acids is 1. The van der Waals surface area contributed by atoms with E-state index >= 15 is 0 Å². The molecule has 0 aromatic heterocycles. The summed E-state index contributed by atoms with van der Waals surface area (Å²) in [6.45, 7) is 0. The molecule has 0 saturated carbocycles. The van der Waals surface area contributed by atoms with Gasteiger partial charge in [-0.25, -0.2) is 4.39 Å². The van der Waals surface area contributed by atoms with Crippen LogP contribution in [0.15, 0.2) is 24.3 Å². The van der Waals surface area contributed by atoms with Gasteiger partial charge < -0.3 is 10.2 Å². The Morgan fingerprint density at radius 2 is 1.88 bits per heavy atom. The lowest BCUT2D eigenvalue weighted by atomic mass is 10.0. The molecule has 1 rings (SSSR count). The first-order valence-electron chi connectivity index (χ1n) is 4.69. The third-order valence-corrected chi connectivity index (χ3v) is 2.09. The highest BCUT2D eigenvalue weighted by molar-refractivity contribution is 5.86. The van der Waals surface area contributed by atoms with E-state index in [0.717, 1.165) is 6.07 Å². The molecule has 0 saturated heterocycles. The number of aliphatic hydroxyl groups is 1. The van der Waals surface area contributed by atoms with Crippen molar-refractivity contribution >= 4 is 11.8 Å². The van der Waals surface area contributed by atoms with Crippen LogP contribution in [0.5, 0.6) is 0 Å². The van der Waals surface area contributed by atoms with Crippen LogP contribution in [0.4, 0.5) is 4.39 Å². The van der Waals surface area contributed by atoms with Gasteiger partial charge >= 0.3 is 5.97 Å². The Morgan fingerprint density at radius 3 is 2.44 bits per heavy atom. The van der Waals surface area contributed by atoms with Gasteiger partial charge in [-0.1, -0.05) is 18.2 Å². The number of carbonyl (C=O) groups is 2. The summed E-state index contributed by atoms with van der Waals surface area (Å²) in [4.78, 5) is 21.5. The van der Waals surface area contributed by atoms with Gasteiger partial charge in [0.25, 0.3) is 0 Å². The van der Waals surface area contributed by atoms with E-state index in [4.69, 9.17) is 5.11 Å². The van der Waals surface area contributed by atoms with Gasteiger partial charge in [0, 0.05) is 12.0 Å². The van der Waals surface area contributed by atoms with Gasteiger partial charge in [-0.2, -0.15) is 0 Å². The van der Waals surface area contributed by atoms with Crippen molar-refractivity contribution in [3.8, 4) is 0 Å². The van der Waals surface area contributed by atoms with Crippen LogP contribution in [0.1, 0.15) is 24.5 Å². The molecule has 0 radical (unpaired) electrons. The van der Waals surface area contributed by atoms with E-state index in [-0.39, 0.29) is 18.4 Å². The number of carboxylic acid groups (broad SMARTS) is 1. The van der Waals surface area contributed by atoms with Crippen molar-refractivity contribution in [2.45, 2.75) is 18.9 Å². The zero-order chi connectivity index (χ0) is 12.1. The van der Waals surface area contributed by atoms with Crippen LogP contribution < -0.4 is 0 Å². The molecule has 0 aliphatic rings. The predicted octanol–water partition coefficient (Wildman–Crippen LogP) is 1.29. The van der Waals surface area contributed by atoms with Crippen molar-refractivity contribution in [2.24, 2.45) is 0 Å². The maximum Gasteiger partial charge on any atom is 0.303 e. The fourth-order valence-corrected chi connectivity index (χ4v) is 1.24. The predicted molar refractivity (Wildman–Crippen MR) is 53.2 cm³/mol.